The van der Waals surface area contributed by atoms with Crippen LogP contribution in [0.25, 0.3) is 11.1 Å². The number of rotatable bonds is 3. The van der Waals surface area contributed by atoms with E-state index in [-0.39, 0.29) is 6.10 Å². The quantitative estimate of drug-likeness (QED) is 0.619. The minimum Gasteiger partial charge on any atom is -0.489 e. The van der Waals surface area contributed by atoms with Gasteiger partial charge in [0.05, 0.1) is 0 Å². The Morgan fingerprint density at radius 3 is 2.21 bits per heavy atom. The fraction of sp³-hybridized carbons (Fsp3) is 0.217. The molecule has 1 aliphatic rings. The second-order valence-electron chi connectivity index (χ2n) is 6.79. The van der Waals surface area contributed by atoms with Crippen LogP contribution >= 0.6 is 0 Å². The molecule has 0 N–H and O–H groups in total. The molecule has 1 nitrogen and oxygen atoms in total. The van der Waals surface area contributed by atoms with E-state index in [0.717, 1.165) is 18.6 Å². The maximum atomic E-state index is 6.36. The van der Waals surface area contributed by atoms with Gasteiger partial charge in [-0.2, -0.15) is 0 Å². The van der Waals surface area contributed by atoms with E-state index in [4.69, 9.17) is 4.74 Å². The van der Waals surface area contributed by atoms with E-state index in [1.165, 1.54) is 33.4 Å². The smallest absolute Gasteiger partial charge is 0.130 e. The molecule has 1 aliphatic heterocycles. The summed E-state index contributed by atoms with van der Waals surface area (Å²) in [6.45, 7) is 4.24. The zero-order chi connectivity index (χ0) is 16.5. The molecule has 3 aromatic rings. The lowest BCUT2D eigenvalue weighted by Gasteiger charge is -2.13. The Balaban J connectivity index is 1.59. The third kappa shape index (κ3) is 2.94. The van der Waals surface area contributed by atoms with Crippen molar-refractivity contribution >= 4 is 0 Å². The molecule has 0 amide bonds. The molecule has 1 heteroatoms. The number of benzene rings is 3. The van der Waals surface area contributed by atoms with Crippen LogP contribution in [0.5, 0.6) is 5.75 Å². The van der Waals surface area contributed by atoms with Crippen LogP contribution in [0, 0.1) is 13.8 Å². The highest BCUT2D eigenvalue weighted by molar-refractivity contribution is 5.73. The molecule has 0 aromatic heterocycles. The molecule has 0 spiro atoms. The van der Waals surface area contributed by atoms with Gasteiger partial charge in [-0.05, 0) is 30.5 Å². The molecule has 0 aliphatic carbocycles. The molecule has 0 radical (unpaired) electrons. The third-order valence-corrected chi connectivity index (χ3v) is 4.78. The number of fused-ring (bicyclic) bond motifs is 1. The van der Waals surface area contributed by atoms with Gasteiger partial charge < -0.3 is 4.74 Å². The highest BCUT2D eigenvalue weighted by Crippen LogP contribution is 2.39. The number of hydrogen-bond donors (Lipinski definition) is 0. The van der Waals surface area contributed by atoms with Gasteiger partial charge >= 0.3 is 0 Å². The third-order valence-electron chi connectivity index (χ3n) is 4.78. The molecule has 3 aromatic carbocycles. The molecule has 0 saturated carbocycles. The van der Waals surface area contributed by atoms with Crippen LogP contribution in [0.3, 0.4) is 0 Å². The van der Waals surface area contributed by atoms with Gasteiger partial charge in [-0.25, -0.2) is 0 Å². The van der Waals surface area contributed by atoms with Crippen LogP contribution < -0.4 is 4.74 Å². The van der Waals surface area contributed by atoms with Gasteiger partial charge in [0, 0.05) is 18.4 Å². The number of ether oxygens (including phenoxy) is 1. The molecule has 1 unspecified atom stereocenters. The Kier molecular flexibility index (Phi) is 3.86. The molecule has 0 bridgehead atoms. The zero-order valence-corrected chi connectivity index (χ0v) is 14.3. The Morgan fingerprint density at radius 2 is 1.50 bits per heavy atom. The summed E-state index contributed by atoms with van der Waals surface area (Å²) in [5, 5.41) is 0. The number of para-hydroxylation sites is 1. The first-order valence-corrected chi connectivity index (χ1v) is 8.60. The first-order chi connectivity index (χ1) is 11.7. The summed E-state index contributed by atoms with van der Waals surface area (Å²) in [5.74, 6) is 1.07. The number of aryl methyl sites for hydroxylation is 2. The van der Waals surface area contributed by atoms with E-state index in [1.807, 2.05) is 0 Å². The molecule has 4 rings (SSSR count). The van der Waals surface area contributed by atoms with Crippen molar-refractivity contribution in [3.05, 3.63) is 89.0 Å². The first kappa shape index (κ1) is 15.0. The standard InChI is InChI=1S/C23H22O/c1-16-6-10-18(11-7-16)14-21-15-20-4-3-5-22(23(20)24-21)19-12-8-17(2)9-13-19/h3-13,21H,14-15H2,1-2H3. The summed E-state index contributed by atoms with van der Waals surface area (Å²) >= 11 is 0. The molecule has 120 valence electrons. The van der Waals surface area contributed by atoms with Gasteiger partial charge in [0.25, 0.3) is 0 Å². The normalized spacial score (nSPS) is 15.8. The maximum Gasteiger partial charge on any atom is 0.130 e. The van der Waals surface area contributed by atoms with E-state index in [9.17, 15) is 0 Å². The highest BCUT2D eigenvalue weighted by atomic mass is 16.5. The van der Waals surface area contributed by atoms with Crippen LogP contribution in [-0.2, 0) is 12.8 Å². The van der Waals surface area contributed by atoms with Crippen molar-refractivity contribution in [3.63, 3.8) is 0 Å². The summed E-state index contributed by atoms with van der Waals surface area (Å²) in [4.78, 5) is 0. The van der Waals surface area contributed by atoms with Gasteiger partial charge in [0.15, 0.2) is 0 Å². The van der Waals surface area contributed by atoms with Crippen molar-refractivity contribution < 1.29 is 4.74 Å². The average Bonchev–Trinajstić information content (AvgIpc) is 3.00. The monoisotopic (exact) mass is 314 g/mol. The molecule has 1 heterocycles. The van der Waals surface area contributed by atoms with Gasteiger partial charge in [0.1, 0.15) is 11.9 Å². The Morgan fingerprint density at radius 1 is 0.833 bits per heavy atom. The lowest BCUT2D eigenvalue weighted by atomic mass is 9.98. The molecular weight excluding hydrogens is 292 g/mol. The average molecular weight is 314 g/mol. The predicted octanol–water partition coefficient (Wildman–Crippen LogP) is 5.52. The molecule has 24 heavy (non-hydrogen) atoms. The summed E-state index contributed by atoms with van der Waals surface area (Å²) in [6.07, 6.45) is 2.18. The zero-order valence-electron chi connectivity index (χ0n) is 14.3. The van der Waals surface area contributed by atoms with Gasteiger partial charge in [-0.3, -0.25) is 0 Å². The Bertz CT molecular complexity index is 844. The van der Waals surface area contributed by atoms with E-state index < -0.39 is 0 Å². The molecular formula is C23H22O. The maximum absolute atomic E-state index is 6.36. The lowest BCUT2D eigenvalue weighted by molar-refractivity contribution is 0.234. The van der Waals surface area contributed by atoms with Crippen molar-refractivity contribution in [2.45, 2.75) is 32.8 Å². The van der Waals surface area contributed by atoms with Crippen LogP contribution in [0.2, 0.25) is 0 Å². The van der Waals surface area contributed by atoms with E-state index in [0.29, 0.717) is 0 Å². The lowest BCUT2D eigenvalue weighted by Crippen LogP contribution is -2.16. The second kappa shape index (κ2) is 6.16. The van der Waals surface area contributed by atoms with Crippen LogP contribution in [0.1, 0.15) is 22.3 Å². The van der Waals surface area contributed by atoms with Crippen molar-refractivity contribution in [2.75, 3.05) is 0 Å². The second-order valence-corrected chi connectivity index (χ2v) is 6.79. The van der Waals surface area contributed by atoms with Crippen molar-refractivity contribution in [1.29, 1.82) is 0 Å². The highest BCUT2D eigenvalue weighted by Gasteiger charge is 2.25. The van der Waals surface area contributed by atoms with Gasteiger partial charge in [0.2, 0.25) is 0 Å². The summed E-state index contributed by atoms with van der Waals surface area (Å²) in [5.41, 5.74) is 7.69. The minimum absolute atomic E-state index is 0.231. The van der Waals surface area contributed by atoms with Crippen LogP contribution in [0.15, 0.2) is 66.7 Å². The topological polar surface area (TPSA) is 9.23 Å². The van der Waals surface area contributed by atoms with E-state index >= 15 is 0 Å². The fourth-order valence-electron chi connectivity index (χ4n) is 3.40. The Labute approximate surface area is 143 Å². The minimum atomic E-state index is 0.231. The fourth-order valence-corrected chi connectivity index (χ4v) is 3.40. The van der Waals surface area contributed by atoms with Crippen LogP contribution in [-0.4, -0.2) is 6.10 Å². The molecule has 1 atom stereocenters. The summed E-state index contributed by atoms with van der Waals surface area (Å²) in [7, 11) is 0. The Hall–Kier alpha value is -2.54. The predicted molar refractivity (Wildman–Crippen MR) is 99.6 cm³/mol. The van der Waals surface area contributed by atoms with Crippen molar-refractivity contribution in [1.82, 2.24) is 0 Å². The van der Waals surface area contributed by atoms with Crippen molar-refractivity contribution in [2.24, 2.45) is 0 Å². The van der Waals surface area contributed by atoms with Gasteiger partial charge in [-0.1, -0.05) is 77.9 Å². The van der Waals surface area contributed by atoms with E-state index in [1.54, 1.807) is 0 Å². The largest absolute Gasteiger partial charge is 0.489 e. The molecule has 0 saturated heterocycles. The SMILES string of the molecule is Cc1ccc(CC2Cc3cccc(-c4ccc(C)cc4)c3O2)cc1. The summed E-state index contributed by atoms with van der Waals surface area (Å²) < 4.78 is 6.36. The summed E-state index contributed by atoms with van der Waals surface area (Å²) in [6, 6.07) is 24.0. The van der Waals surface area contributed by atoms with Crippen LogP contribution in [0.4, 0.5) is 0 Å². The number of hydrogen-bond acceptors (Lipinski definition) is 1. The first-order valence-electron chi connectivity index (χ1n) is 8.60. The van der Waals surface area contributed by atoms with E-state index in [2.05, 4.69) is 80.6 Å². The van der Waals surface area contributed by atoms with Gasteiger partial charge in [-0.15, -0.1) is 0 Å². The van der Waals surface area contributed by atoms with Crippen molar-refractivity contribution in [3.8, 4) is 16.9 Å². The molecule has 0 fully saturated rings.